The predicted octanol–water partition coefficient (Wildman–Crippen LogP) is 2.57. The number of aryl methyl sites for hydroxylation is 1. The predicted molar refractivity (Wildman–Crippen MR) is 67.7 cm³/mol. The van der Waals surface area contributed by atoms with E-state index < -0.39 is 17.2 Å². The molecule has 2 aromatic rings. The lowest BCUT2D eigenvalue weighted by Crippen LogP contribution is -2.33. The zero-order valence-electron chi connectivity index (χ0n) is 11.2. The number of fused-ring (bicyclic) bond motifs is 1. The first-order valence-electron chi connectivity index (χ1n) is 6.32. The van der Waals surface area contributed by atoms with Crippen LogP contribution in [-0.4, -0.2) is 25.7 Å². The molecule has 0 fully saturated rings. The van der Waals surface area contributed by atoms with Crippen molar-refractivity contribution < 1.29 is 13.9 Å². The highest BCUT2D eigenvalue weighted by Gasteiger charge is 2.26. The zero-order chi connectivity index (χ0) is 14.2. The maximum atomic E-state index is 14.0. The number of hydrogen-bond donors (Lipinski definition) is 1. The van der Waals surface area contributed by atoms with Crippen molar-refractivity contribution in [1.82, 2.24) is 15.0 Å². The molecule has 0 atom stereocenters. The van der Waals surface area contributed by atoms with Gasteiger partial charge in [0.1, 0.15) is 11.0 Å². The third-order valence-electron chi connectivity index (χ3n) is 3.62. The van der Waals surface area contributed by atoms with Gasteiger partial charge in [-0.05, 0) is 31.4 Å². The number of aliphatic hydroxyl groups is 1. The highest BCUT2D eigenvalue weighted by atomic mass is 19.2. The lowest BCUT2D eigenvalue weighted by Gasteiger charge is -2.24. The average molecular weight is 269 g/mol. The lowest BCUT2D eigenvalue weighted by molar-refractivity contribution is 0.0124. The second-order valence-electron chi connectivity index (χ2n) is 4.87. The minimum Gasteiger partial charge on any atom is -0.388 e. The number of nitrogens with zero attached hydrogens (tertiary/aromatic N) is 3. The van der Waals surface area contributed by atoms with Crippen molar-refractivity contribution in [3.05, 3.63) is 23.3 Å². The molecule has 0 radical (unpaired) electrons. The van der Waals surface area contributed by atoms with E-state index in [4.69, 9.17) is 0 Å². The smallest absolute Gasteiger partial charge is 0.186 e. The standard InChI is InChI=1S/C13H17F2N3O/c1-4-13(19,5-2)7-18-12-9(16-17-18)6-8(3)10(14)11(12)15/h6,19H,4-5,7H2,1-3H3. The van der Waals surface area contributed by atoms with E-state index in [1.165, 1.54) is 17.7 Å². The third kappa shape index (κ3) is 2.32. The van der Waals surface area contributed by atoms with Crippen LogP contribution in [0.4, 0.5) is 8.78 Å². The Bertz CT molecular complexity index is 605. The van der Waals surface area contributed by atoms with Gasteiger partial charge in [0, 0.05) is 0 Å². The van der Waals surface area contributed by atoms with Crippen molar-refractivity contribution in [2.75, 3.05) is 0 Å². The van der Waals surface area contributed by atoms with Crippen molar-refractivity contribution in [3.8, 4) is 0 Å². The summed E-state index contributed by atoms with van der Waals surface area (Å²) >= 11 is 0. The first-order valence-corrected chi connectivity index (χ1v) is 6.32. The third-order valence-corrected chi connectivity index (χ3v) is 3.62. The molecule has 1 N–H and O–H groups in total. The Hall–Kier alpha value is -1.56. The molecule has 0 spiro atoms. The van der Waals surface area contributed by atoms with Crippen molar-refractivity contribution in [2.45, 2.75) is 45.8 Å². The van der Waals surface area contributed by atoms with Crippen LogP contribution >= 0.6 is 0 Å². The fourth-order valence-corrected chi connectivity index (χ4v) is 2.06. The molecule has 2 rings (SSSR count). The van der Waals surface area contributed by atoms with Crippen LogP contribution in [0, 0.1) is 18.6 Å². The molecule has 104 valence electrons. The normalized spacial score (nSPS) is 12.3. The van der Waals surface area contributed by atoms with Crippen LogP contribution < -0.4 is 0 Å². The van der Waals surface area contributed by atoms with E-state index >= 15 is 0 Å². The Labute approximate surface area is 110 Å². The Morgan fingerprint density at radius 2 is 1.89 bits per heavy atom. The van der Waals surface area contributed by atoms with Gasteiger partial charge in [-0.2, -0.15) is 0 Å². The summed E-state index contributed by atoms with van der Waals surface area (Å²) in [6, 6.07) is 1.45. The molecule has 6 heteroatoms. The molecule has 1 aromatic heterocycles. The van der Waals surface area contributed by atoms with Crippen molar-refractivity contribution >= 4 is 11.0 Å². The Morgan fingerprint density at radius 1 is 1.26 bits per heavy atom. The summed E-state index contributed by atoms with van der Waals surface area (Å²) in [6.07, 6.45) is 1.00. The molecule has 0 unspecified atom stereocenters. The quantitative estimate of drug-likeness (QED) is 0.928. The second kappa shape index (κ2) is 4.85. The number of aromatic nitrogens is 3. The summed E-state index contributed by atoms with van der Waals surface area (Å²) < 4.78 is 28.8. The van der Waals surface area contributed by atoms with Gasteiger partial charge in [0.2, 0.25) is 0 Å². The van der Waals surface area contributed by atoms with Crippen LogP contribution in [0.1, 0.15) is 32.3 Å². The molecule has 0 bridgehead atoms. The van der Waals surface area contributed by atoms with Gasteiger partial charge in [-0.15, -0.1) is 5.10 Å². The van der Waals surface area contributed by atoms with Gasteiger partial charge in [-0.25, -0.2) is 13.5 Å². The van der Waals surface area contributed by atoms with E-state index in [-0.39, 0.29) is 17.6 Å². The number of halogens is 2. The molecule has 19 heavy (non-hydrogen) atoms. The summed E-state index contributed by atoms with van der Waals surface area (Å²) in [5, 5.41) is 17.9. The summed E-state index contributed by atoms with van der Waals surface area (Å²) in [5.74, 6) is -1.86. The zero-order valence-corrected chi connectivity index (χ0v) is 11.2. The van der Waals surface area contributed by atoms with Gasteiger partial charge in [0.25, 0.3) is 0 Å². The molecule has 0 amide bonds. The summed E-state index contributed by atoms with van der Waals surface area (Å²) in [6.45, 7) is 5.24. The molecule has 0 aliphatic rings. The van der Waals surface area contributed by atoms with Crippen molar-refractivity contribution in [1.29, 1.82) is 0 Å². The van der Waals surface area contributed by atoms with Crippen LogP contribution in [0.15, 0.2) is 6.07 Å². The summed E-state index contributed by atoms with van der Waals surface area (Å²) in [4.78, 5) is 0. The average Bonchev–Trinajstić information content (AvgIpc) is 2.78. The van der Waals surface area contributed by atoms with Gasteiger partial charge < -0.3 is 5.11 Å². The first kappa shape index (κ1) is 13.9. The molecular formula is C13H17F2N3O. The van der Waals surface area contributed by atoms with Gasteiger partial charge in [0.15, 0.2) is 11.6 Å². The number of benzene rings is 1. The van der Waals surface area contributed by atoms with E-state index in [1.807, 2.05) is 13.8 Å². The Morgan fingerprint density at radius 3 is 2.47 bits per heavy atom. The van der Waals surface area contributed by atoms with Gasteiger partial charge >= 0.3 is 0 Å². The SMILES string of the molecule is CCC(O)(CC)Cn1nnc2cc(C)c(F)c(F)c21. The summed E-state index contributed by atoms with van der Waals surface area (Å²) in [5.41, 5.74) is -0.498. The lowest BCUT2D eigenvalue weighted by atomic mass is 9.97. The molecular weight excluding hydrogens is 252 g/mol. The molecule has 4 nitrogen and oxygen atoms in total. The largest absolute Gasteiger partial charge is 0.388 e. The minimum absolute atomic E-state index is 0.00317. The highest BCUT2D eigenvalue weighted by molar-refractivity contribution is 5.76. The maximum Gasteiger partial charge on any atom is 0.186 e. The number of rotatable bonds is 4. The van der Waals surface area contributed by atoms with Crippen molar-refractivity contribution in [2.24, 2.45) is 0 Å². The van der Waals surface area contributed by atoms with E-state index in [1.54, 1.807) is 0 Å². The highest BCUT2D eigenvalue weighted by Crippen LogP contribution is 2.24. The summed E-state index contributed by atoms with van der Waals surface area (Å²) in [7, 11) is 0. The monoisotopic (exact) mass is 269 g/mol. The fourth-order valence-electron chi connectivity index (χ4n) is 2.06. The van der Waals surface area contributed by atoms with E-state index in [9.17, 15) is 13.9 Å². The van der Waals surface area contributed by atoms with Crippen LogP contribution in [0.5, 0.6) is 0 Å². The molecule has 1 aromatic carbocycles. The molecule has 0 aliphatic heterocycles. The fraction of sp³-hybridized carbons (Fsp3) is 0.538. The van der Waals surface area contributed by atoms with E-state index in [0.717, 1.165) is 0 Å². The first-order chi connectivity index (χ1) is 8.91. The molecule has 0 saturated carbocycles. The molecule has 0 aliphatic carbocycles. The van der Waals surface area contributed by atoms with Crippen LogP contribution in [-0.2, 0) is 6.54 Å². The van der Waals surface area contributed by atoms with Gasteiger partial charge in [-0.3, -0.25) is 0 Å². The topological polar surface area (TPSA) is 50.9 Å². The van der Waals surface area contributed by atoms with Gasteiger partial charge in [0.05, 0.1) is 12.1 Å². The van der Waals surface area contributed by atoms with Crippen LogP contribution in [0.2, 0.25) is 0 Å². The Balaban J connectivity index is 2.54. The number of hydrogen-bond acceptors (Lipinski definition) is 3. The molecule has 1 heterocycles. The van der Waals surface area contributed by atoms with Gasteiger partial charge in [-0.1, -0.05) is 19.1 Å². The van der Waals surface area contributed by atoms with Crippen LogP contribution in [0.3, 0.4) is 0 Å². The van der Waals surface area contributed by atoms with Crippen LogP contribution in [0.25, 0.3) is 11.0 Å². The van der Waals surface area contributed by atoms with Crippen molar-refractivity contribution in [3.63, 3.8) is 0 Å². The second-order valence-corrected chi connectivity index (χ2v) is 4.87. The minimum atomic E-state index is -0.992. The Kier molecular flexibility index (Phi) is 3.54. The van der Waals surface area contributed by atoms with E-state index in [0.29, 0.717) is 18.4 Å². The molecule has 0 saturated heterocycles. The maximum absolute atomic E-state index is 14.0. The van der Waals surface area contributed by atoms with E-state index in [2.05, 4.69) is 10.3 Å².